The lowest BCUT2D eigenvalue weighted by atomic mass is 10.0. The summed E-state index contributed by atoms with van der Waals surface area (Å²) in [4.78, 5) is 4.46. The van der Waals surface area contributed by atoms with Crippen LogP contribution in [0.1, 0.15) is 47.4 Å². The number of anilines is 2. The molecule has 0 radical (unpaired) electrons. The van der Waals surface area contributed by atoms with Gasteiger partial charge in [0, 0.05) is 49.2 Å². The Hall–Kier alpha value is -4.49. The second-order valence-electron chi connectivity index (χ2n) is 9.62. The molecular formula is C28H25ClFN9. The van der Waals surface area contributed by atoms with E-state index in [1.165, 1.54) is 18.3 Å². The third-order valence-corrected chi connectivity index (χ3v) is 7.20. The largest absolute Gasteiger partial charge is 0.383 e. The second kappa shape index (κ2) is 10.3. The van der Waals surface area contributed by atoms with E-state index >= 15 is 0 Å². The highest BCUT2D eigenvalue weighted by Gasteiger charge is 2.27. The summed E-state index contributed by atoms with van der Waals surface area (Å²) in [7, 11) is 1.90. The molecule has 1 unspecified atom stereocenters. The molecule has 1 aliphatic carbocycles. The van der Waals surface area contributed by atoms with Crippen molar-refractivity contribution in [1.82, 2.24) is 29.8 Å². The summed E-state index contributed by atoms with van der Waals surface area (Å²) in [5.41, 5.74) is 4.98. The first-order valence-electron chi connectivity index (χ1n) is 12.7. The molecule has 1 fully saturated rings. The minimum absolute atomic E-state index is 0.315. The Labute approximate surface area is 229 Å². The van der Waals surface area contributed by atoms with Crippen LogP contribution in [0.5, 0.6) is 0 Å². The first-order valence-corrected chi connectivity index (χ1v) is 13.0. The number of aromatic nitrogens is 6. The number of fused-ring (bicyclic) bond motifs is 1. The van der Waals surface area contributed by atoms with Crippen molar-refractivity contribution < 1.29 is 4.39 Å². The lowest BCUT2D eigenvalue weighted by Gasteiger charge is -2.20. The van der Waals surface area contributed by atoms with Gasteiger partial charge in [-0.25, -0.2) is 9.07 Å². The molecule has 0 bridgehead atoms. The quantitative estimate of drug-likeness (QED) is 0.256. The highest BCUT2D eigenvalue weighted by molar-refractivity contribution is 6.35. The Morgan fingerprint density at radius 2 is 2.03 bits per heavy atom. The zero-order chi connectivity index (χ0) is 26.9. The number of halogens is 2. The normalized spacial score (nSPS) is 13.8. The third-order valence-electron chi connectivity index (χ3n) is 6.91. The molecule has 5 aromatic rings. The fraction of sp³-hybridized carbons (Fsp3) is 0.250. The van der Waals surface area contributed by atoms with Gasteiger partial charge in [-0.15, -0.1) is 5.10 Å². The summed E-state index contributed by atoms with van der Waals surface area (Å²) in [5.74, 6) is -0.315. The lowest BCUT2D eigenvalue weighted by Crippen LogP contribution is -2.13. The van der Waals surface area contributed by atoms with Crippen LogP contribution in [0.15, 0.2) is 61.1 Å². The molecule has 0 saturated heterocycles. The highest BCUT2D eigenvalue weighted by Crippen LogP contribution is 2.37. The third kappa shape index (κ3) is 5.13. The molecule has 196 valence electrons. The van der Waals surface area contributed by atoms with E-state index < -0.39 is 6.04 Å². The summed E-state index contributed by atoms with van der Waals surface area (Å²) in [6.07, 6.45) is 8.12. The smallest absolute Gasteiger partial charge is 0.123 e. The monoisotopic (exact) mass is 541 g/mol. The molecule has 3 aromatic heterocycles. The molecule has 0 aliphatic heterocycles. The number of aryl methyl sites for hydroxylation is 1. The summed E-state index contributed by atoms with van der Waals surface area (Å²) in [6.45, 7) is 0.588. The van der Waals surface area contributed by atoms with Gasteiger partial charge in [0.15, 0.2) is 0 Å². The zero-order valence-electron chi connectivity index (χ0n) is 21.1. The zero-order valence-corrected chi connectivity index (χ0v) is 21.9. The predicted octanol–water partition coefficient (Wildman–Crippen LogP) is 5.41. The molecular weight excluding hydrogens is 517 g/mol. The number of rotatable bonds is 9. The number of pyridine rings is 1. The Morgan fingerprint density at radius 1 is 1.21 bits per heavy atom. The van der Waals surface area contributed by atoms with Gasteiger partial charge in [0.25, 0.3) is 0 Å². The first-order chi connectivity index (χ1) is 19.0. The molecule has 0 amide bonds. The van der Waals surface area contributed by atoms with Gasteiger partial charge in [-0.3, -0.25) is 9.67 Å². The maximum absolute atomic E-state index is 13.7. The van der Waals surface area contributed by atoms with E-state index in [1.54, 1.807) is 24.4 Å². The van der Waals surface area contributed by atoms with Gasteiger partial charge in [0.1, 0.15) is 17.6 Å². The second-order valence-corrected chi connectivity index (χ2v) is 10.0. The molecule has 3 heterocycles. The van der Waals surface area contributed by atoms with Crippen LogP contribution in [0, 0.1) is 17.1 Å². The molecule has 1 saturated carbocycles. The van der Waals surface area contributed by atoms with E-state index in [-0.39, 0.29) is 5.82 Å². The predicted molar refractivity (Wildman–Crippen MR) is 147 cm³/mol. The van der Waals surface area contributed by atoms with Crippen LogP contribution in [-0.4, -0.2) is 36.3 Å². The summed E-state index contributed by atoms with van der Waals surface area (Å²) in [5, 5.41) is 30.9. The molecule has 39 heavy (non-hydrogen) atoms. The fourth-order valence-corrected chi connectivity index (χ4v) is 4.94. The van der Waals surface area contributed by atoms with Crippen molar-refractivity contribution in [2.75, 3.05) is 17.2 Å². The van der Waals surface area contributed by atoms with Crippen LogP contribution < -0.4 is 10.6 Å². The van der Waals surface area contributed by atoms with Gasteiger partial charge in [-0.05, 0) is 48.7 Å². The van der Waals surface area contributed by atoms with E-state index in [2.05, 4.69) is 37.1 Å². The highest BCUT2D eigenvalue weighted by atomic mass is 35.5. The van der Waals surface area contributed by atoms with Crippen molar-refractivity contribution in [3.05, 3.63) is 94.4 Å². The van der Waals surface area contributed by atoms with E-state index in [4.69, 9.17) is 11.6 Å². The molecule has 11 heteroatoms. The molecule has 9 nitrogen and oxygen atoms in total. The Bertz CT molecular complexity index is 1680. The number of benzene rings is 2. The Morgan fingerprint density at radius 3 is 2.74 bits per heavy atom. The van der Waals surface area contributed by atoms with Crippen LogP contribution in [0.4, 0.5) is 15.8 Å². The van der Waals surface area contributed by atoms with Crippen LogP contribution in [0.3, 0.4) is 0 Å². The van der Waals surface area contributed by atoms with Gasteiger partial charge in [-0.2, -0.15) is 10.4 Å². The van der Waals surface area contributed by atoms with Crippen LogP contribution >= 0.6 is 11.6 Å². The van der Waals surface area contributed by atoms with Gasteiger partial charge < -0.3 is 10.6 Å². The number of nitrogens with one attached hydrogen (secondary N) is 2. The van der Waals surface area contributed by atoms with Gasteiger partial charge in [0.2, 0.25) is 0 Å². The van der Waals surface area contributed by atoms with Gasteiger partial charge >= 0.3 is 0 Å². The fourth-order valence-electron chi connectivity index (χ4n) is 4.67. The molecule has 2 aromatic carbocycles. The number of nitriles is 1. The van der Waals surface area contributed by atoms with Crippen molar-refractivity contribution in [3.63, 3.8) is 0 Å². The first kappa shape index (κ1) is 24.8. The Kier molecular flexibility index (Phi) is 6.59. The topological polar surface area (TPSA) is 109 Å². The van der Waals surface area contributed by atoms with Crippen LogP contribution in [-0.2, 0) is 13.5 Å². The maximum atomic E-state index is 13.7. The van der Waals surface area contributed by atoms with E-state index in [1.807, 2.05) is 34.7 Å². The summed E-state index contributed by atoms with van der Waals surface area (Å²) in [6, 6.07) is 14.2. The summed E-state index contributed by atoms with van der Waals surface area (Å²) >= 11 is 6.71. The molecule has 1 aliphatic rings. The lowest BCUT2D eigenvalue weighted by molar-refractivity contribution is 0.610. The van der Waals surface area contributed by atoms with Crippen molar-refractivity contribution in [1.29, 1.82) is 5.26 Å². The van der Waals surface area contributed by atoms with Crippen LogP contribution in [0.25, 0.3) is 10.9 Å². The van der Waals surface area contributed by atoms with Gasteiger partial charge in [0.05, 0.1) is 40.1 Å². The average Bonchev–Trinajstić information content (AvgIpc) is 3.53. The summed E-state index contributed by atoms with van der Waals surface area (Å²) < 4.78 is 17.4. The van der Waals surface area contributed by atoms with E-state index in [0.29, 0.717) is 51.1 Å². The minimum Gasteiger partial charge on any atom is -0.383 e. The number of hydrogen-bond donors (Lipinski definition) is 2. The number of nitrogens with zero attached hydrogens (tertiary/aromatic N) is 7. The molecule has 6 rings (SSSR count). The molecule has 1 atom stereocenters. The molecule has 2 N–H and O–H groups in total. The van der Waals surface area contributed by atoms with Crippen LogP contribution in [0.2, 0.25) is 5.02 Å². The minimum atomic E-state index is -0.403. The van der Waals surface area contributed by atoms with E-state index in [0.717, 1.165) is 30.5 Å². The Balaban J connectivity index is 1.36. The number of hydrogen-bond acceptors (Lipinski definition) is 7. The van der Waals surface area contributed by atoms with E-state index in [9.17, 15) is 9.65 Å². The standard InChI is InChI=1S/C28H25ClFN9/c1-38-21(9-11-34-38)8-10-32-26-18(14-31)15-33-28-23(26)12-20(13-24(28)29)35-27(17-2-4-19(30)5-3-17)25-16-39(37-36-25)22-6-7-22/h2-5,9,11-13,15-16,22,27,35H,6-8,10H2,1H3,(H,32,33). The van der Waals surface area contributed by atoms with Gasteiger partial charge in [-0.1, -0.05) is 28.9 Å². The maximum Gasteiger partial charge on any atom is 0.123 e. The molecule has 0 spiro atoms. The van der Waals surface area contributed by atoms with Crippen molar-refractivity contribution in [2.45, 2.75) is 31.3 Å². The SMILES string of the molecule is Cn1nccc1CCNc1c(C#N)cnc2c(Cl)cc(NC(c3ccc(F)cc3)c3cn(C4CC4)nn3)cc12. The van der Waals surface area contributed by atoms with Crippen molar-refractivity contribution in [2.24, 2.45) is 7.05 Å². The van der Waals surface area contributed by atoms with Crippen molar-refractivity contribution in [3.8, 4) is 6.07 Å². The van der Waals surface area contributed by atoms with Crippen molar-refractivity contribution >= 4 is 33.9 Å². The average molecular weight is 542 g/mol.